The molecule has 2 heterocycles. The number of hydrogen-bond donors (Lipinski definition) is 1. The van der Waals surface area contributed by atoms with E-state index in [0.717, 1.165) is 16.8 Å². The van der Waals surface area contributed by atoms with Crippen LogP contribution >= 0.6 is 0 Å². The highest BCUT2D eigenvalue weighted by molar-refractivity contribution is 5.97. The van der Waals surface area contributed by atoms with E-state index in [1.165, 1.54) is 12.1 Å². The summed E-state index contributed by atoms with van der Waals surface area (Å²) in [4.78, 5) is 29.8. The van der Waals surface area contributed by atoms with Crippen LogP contribution in [-0.2, 0) is 13.1 Å². The van der Waals surface area contributed by atoms with Crippen molar-refractivity contribution >= 4 is 16.9 Å². The lowest BCUT2D eigenvalue weighted by Crippen LogP contribution is -2.25. The molecule has 0 aliphatic carbocycles. The predicted octanol–water partition coefficient (Wildman–Crippen LogP) is 4.65. The number of aromatic nitrogens is 4. The van der Waals surface area contributed by atoms with Crippen molar-refractivity contribution in [2.75, 3.05) is 0 Å². The van der Waals surface area contributed by atoms with E-state index in [1.54, 1.807) is 46.5 Å². The smallest absolute Gasteiger partial charge is 0.272 e. The molecule has 0 spiro atoms. The molecular formula is C28H24FN5O2. The number of halogens is 1. The van der Waals surface area contributed by atoms with Crippen LogP contribution < -0.4 is 10.9 Å². The van der Waals surface area contributed by atoms with E-state index in [0.29, 0.717) is 34.5 Å². The Hall–Kier alpha value is -4.59. The van der Waals surface area contributed by atoms with Crippen LogP contribution in [0.25, 0.3) is 28.0 Å². The molecule has 5 aromatic rings. The second-order valence-corrected chi connectivity index (χ2v) is 8.42. The zero-order valence-electron chi connectivity index (χ0n) is 19.9. The van der Waals surface area contributed by atoms with Gasteiger partial charge in [-0.25, -0.2) is 14.1 Å². The van der Waals surface area contributed by atoms with E-state index >= 15 is 0 Å². The number of nitrogens with one attached hydrogen (secondary N) is 1. The quantitative estimate of drug-likeness (QED) is 0.383. The lowest BCUT2D eigenvalue weighted by Gasteiger charge is -2.10. The van der Waals surface area contributed by atoms with Gasteiger partial charge in [0.05, 0.1) is 22.4 Å². The molecule has 36 heavy (non-hydrogen) atoms. The Morgan fingerprint density at radius 2 is 1.78 bits per heavy atom. The van der Waals surface area contributed by atoms with E-state index in [2.05, 4.69) is 10.3 Å². The molecule has 0 aliphatic heterocycles. The second-order valence-electron chi connectivity index (χ2n) is 8.42. The minimum absolute atomic E-state index is 0.133. The van der Waals surface area contributed by atoms with Crippen molar-refractivity contribution in [3.63, 3.8) is 0 Å². The van der Waals surface area contributed by atoms with E-state index < -0.39 is 0 Å². The second kappa shape index (κ2) is 9.58. The Kier molecular flexibility index (Phi) is 6.16. The molecule has 0 bridgehead atoms. The first-order valence-electron chi connectivity index (χ1n) is 11.6. The van der Waals surface area contributed by atoms with Crippen LogP contribution in [0.1, 0.15) is 28.5 Å². The number of carbonyl (C=O) groups is 1. The van der Waals surface area contributed by atoms with Gasteiger partial charge in [0.25, 0.3) is 11.5 Å². The van der Waals surface area contributed by atoms with Gasteiger partial charge in [-0.15, -0.1) is 0 Å². The van der Waals surface area contributed by atoms with Crippen molar-refractivity contribution in [1.29, 1.82) is 0 Å². The number of nitrogens with zero attached hydrogens (tertiary/aromatic N) is 4. The summed E-state index contributed by atoms with van der Waals surface area (Å²) in [5, 5.41) is 7.67. The van der Waals surface area contributed by atoms with E-state index in [1.807, 2.05) is 43.5 Å². The van der Waals surface area contributed by atoms with Crippen LogP contribution in [0.3, 0.4) is 0 Å². The minimum Gasteiger partial charge on any atom is -0.348 e. The highest BCUT2D eigenvalue weighted by Crippen LogP contribution is 2.24. The summed E-state index contributed by atoms with van der Waals surface area (Å²) in [6.45, 7) is 4.30. The maximum atomic E-state index is 13.5. The Balaban J connectivity index is 1.45. The first-order chi connectivity index (χ1) is 17.4. The third kappa shape index (κ3) is 4.40. The van der Waals surface area contributed by atoms with Gasteiger partial charge in [0.2, 0.25) is 0 Å². The molecule has 5 rings (SSSR count). The van der Waals surface area contributed by atoms with Gasteiger partial charge in [-0.2, -0.15) is 5.10 Å². The summed E-state index contributed by atoms with van der Waals surface area (Å²) in [7, 11) is 0. The molecule has 1 N–H and O–H groups in total. The van der Waals surface area contributed by atoms with Crippen LogP contribution in [0, 0.1) is 12.7 Å². The standard InChI is InChI=1S/C28H24FN5O2/c1-3-33-25-14-11-20(15-24(25)31-18(2)28(33)36)27(35)30-16-21-17-34(23-7-5-4-6-8-23)32-26(21)19-9-12-22(29)13-10-19/h4-15,17H,3,16H2,1-2H3,(H,30,35). The Bertz CT molecular complexity index is 1620. The summed E-state index contributed by atoms with van der Waals surface area (Å²) >= 11 is 0. The molecule has 3 aromatic carbocycles. The van der Waals surface area contributed by atoms with Gasteiger partial charge in [0.1, 0.15) is 11.5 Å². The third-order valence-electron chi connectivity index (χ3n) is 6.06. The fourth-order valence-electron chi connectivity index (χ4n) is 4.21. The first kappa shape index (κ1) is 23.2. The molecule has 0 saturated heterocycles. The molecule has 0 radical (unpaired) electrons. The average Bonchev–Trinajstić information content (AvgIpc) is 3.33. The summed E-state index contributed by atoms with van der Waals surface area (Å²) in [6, 6.07) is 20.9. The van der Waals surface area contributed by atoms with Gasteiger partial charge in [0, 0.05) is 36.0 Å². The third-order valence-corrected chi connectivity index (χ3v) is 6.06. The number of carbonyl (C=O) groups excluding carboxylic acids is 1. The lowest BCUT2D eigenvalue weighted by atomic mass is 10.1. The molecule has 0 atom stereocenters. The highest BCUT2D eigenvalue weighted by atomic mass is 19.1. The molecule has 0 unspecified atom stereocenters. The van der Waals surface area contributed by atoms with Crippen LogP contribution in [-0.4, -0.2) is 25.2 Å². The Labute approximate surface area is 206 Å². The molecule has 7 nitrogen and oxygen atoms in total. The van der Waals surface area contributed by atoms with Crippen LogP contribution in [0.5, 0.6) is 0 Å². The average molecular weight is 482 g/mol. The van der Waals surface area contributed by atoms with Gasteiger partial charge in [-0.1, -0.05) is 18.2 Å². The number of aryl methyl sites for hydroxylation is 2. The largest absolute Gasteiger partial charge is 0.348 e. The van der Waals surface area contributed by atoms with Crippen LogP contribution in [0.15, 0.2) is 83.8 Å². The fraction of sp³-hybridized carbons (Fsp3) is 0.143. The van der Waals surface area contributed by atoms with Crippen molar-refractivity contribution < 1.29 is 9.18 Å². The van der Waals surface area contributed by atoms with Gasteiger partial charge in [-0.3, -0.25) is 9.59 Å². The first-order valence-corrected chi connectivity index (χ1v) is 11.6. The van der Waals surface area contributed by atoms with Gasteiger partial charge in [0.15, 0.2) is 0 Å². The fourth-order valence-corrected chi connectivity index (χ4v) is 4.21. The van der Waals surface area contributed by atoms with Gasteiger partial charge >= 0.3 is 0 Å². The topological polar surface area (TPSA) is 81.8 Å². The maximum Gasteiger partial charge on any atom is 0.272 e. The zero-order chi connectivity index (χ0) is 25.2. The van der Waals surface area contributed by atoms with Crippen LogP contribution in [0.2, 0.25) is 0 Å². The number of amides is 1. The molecule has 0 aliphatic rings. The highest BCUT2D eigenvalue weighted by Gasteiger charge is 2.15. The van der Waals surface area contributed by atoms with Gasteiger partial charge < -0.3 is 9.88 Å². The molecule has 0 saturated carbocycles. The Morgan fingerprint density at radius 1 is 1.03 bits per heavy atom. The molecule has 1 amide bonds. The summed E-state index contributed by atoms with van der Waals surface area (Å²) < 4.78 is 16.9. The lowest BCUT2D eigenvalue weighted by molar-refractivity contribution is 0.0951. The van der Waals surface area contributed by atoms with Crippen molar-refractivity contribution in [3.05, 3.63) is 112 Å². The number of benzene rings is 3. The molecule has 0 fully saturated rings. The molecule has 8 heteroatoms. The van der Waals surface area contributed by atoms with Crippen molar-refractivity contribution in [2.45, 2.75) is 26.9 Å². The number of rotatable bonds is 6. The number of para-hydroxylation sites is 1. The summed E-state index contributed by atoms with van der Waals surface area (Å²) in [5.41, 5.74) is 5.03. The van der Waals surface area contributed by atoms with E-state index in [-0.39, 0.29) is 23.8 Å². The number of hydrogen-bond acceptors (Lipinski definition) is 4. The number of fused-ring (bicyclic) bond motifs is 1. The summed E-state index contributed by atoms with van der Waals surface area (Å²) in [5.74, 6) is -0.604. The molecule has 180 valence electrons. The van der Waals surface area contributed by atoms with Crippen LogP contribution in [0.4, 0.5) is 4.39 Å². The van der Waals surface area contributed by atoms with Gasteiger partial charge in [-0.05, 0) is 68.4 Å². The minimum atomic E-state index is -0.329. The predicted molar refractivity (Wildman–Crippen MR) is 137 cm³/mol. The zero-order valence-corrected chi connectivity index (χ0v) is 19.9. The Morgan fingerprint density at radius 3 is 2.50 bits per heavy atom. The normalized spacial score (nSPS) is 11.1. The molecular weight excluding hydrogens is 457 g/mol. The van der Waals surface area contributed by atoms with Crippen molar-refractivity contribution in [2.24, 2.45) is 0 Å². The molecule has 2 aromatic heterocycles. The SMILES string of the molecule is CCn1c(=O)c(C)nc2cc(C(=O)NCc3cn(-c4ccccc4)nc3-c3ccc(F)cc3)ccc21. The van der Waals surface area contributed by atoms with Crippen molar-refractivity contribution in [3.8, 4) is 16.9 Å². The summed E-state index contributed by atoms with van der Waals surface area (Å²) in [6.07, 6.45) is 1.86. The van der Waals surface area contributed by atoms with E-state index in [4.69, 9.17) is 5.10 Å². The van der Waals surface area contributed by atoms with Crippen molar-refractivity contribution in [1.82, 2.24) is 24.6 Å². The maximum absolute atomic E-state index is 13.5. The monoisotopic (exact) mass is 481 g/mol. The van der Waals surface area contributed by atoms with E-state index in [9.17, 15) is 14.0 Å².